The quantitative estimate of drug-likeness (QED) is 0.190. The van der Waals surface area contributed by atoms with Gasteiger partial charge in [-0.1, -0.05) is 77.9 Å². The van der Waals surface area contributed by atoms with E-state index in [0.717, 1.165) is 44.2 Å². The molecule has 6 aromatic carbocycles. The Labute approximate surface area is 251 Å². The lowest BCUT2D eigenvalue weighted by Gasteiger charge is -2.09. The van der Waals surface area contributed by atoms with Gasteiger partial charge in [0, 0.05) is 41.7 Å². The monoisotopic (exact) mass is 568 g/mol. The van der Waals surface area contributed by atoms with Crippen molar-refractivity contribution >= 4 is 80.9 Å². The fourth-order valence-electron chi connectivity index (χ4n) is 6.87. The van der Waals surface area contributed by atoms with E-state index in [4.69, 9.17) is 11.0 Å². The van der Waals surface area contributed by atoms with Gasteiger partial charge in [0.1, 0.15) is 5.58 Å². The molecule has 0 atom stereocenters. The van der Waals surface area contributed by atoms with Crippen LogP contribution in [-0.2, 0) is 0 Å². The van der Waals surface area contributed by atoms with E-state index in [-0.39, 0.29) is 0 Å². The van der Waals surface area contributed by atoms with Gasteiger partial charge < -0.3 is 8.98 Å². The highest BCUT2D eigenvalue weighted by molar-refractivity contribution is 7.25. The minimum atomic E-state index is 0.525. The zero-order chi connectivity index (χ0) is 28.8. The molecule has 0 aliphatic rings. The molecule has 3 heterocycles. The highest BCUT2D eigenvalue weighted by Crippen LogP contribution is 2.47. The molecule has 0 unspecified atom stereocenters. The van der Waals surface area contributed by atoms with Crippen LogP contribution in [0, 0.1) is 20.4 Å². The average molecular weight is 569 g/mol. The fraction of sp³-hybridized carbons (Fsp3) is 0.0513. The zero-order valence-corrected chi connectivity index (χ0v) is 24.4. The van der Waals surface area contributed by atoms with Crippen LogP contribution in [0.25, 0.3) is 85.6 Å². The Bertz CT molecular complexity index is 2600. The van der Waals surface area contributed by atoms with Crippen LogP contribution in [0.15, 0.2) is 114 Å². The number of fused-ring (bicyclic) bond motifs is 9. The summed E-state index contributed by atoms with van der Waals surface area (Å²) in [7, 11) is 0. The highest BCUT2D eigenvalue weighted by Gasteiger charge is 2.22. The second-order valence-electron chi connectivity index (χ2n) is 11.4. The summed E-state index contributed by atoms with van der Waals surface area (Å²) in [5, 5.41) is 6.96. The van der Waals surface area contributed by atoms with Gasteiger partial charge in [-0.25, -0.2) is 4.85 Å². The summed E-state index contributed by atoms with van der Waals surface area (Å²) in [5.74, 6) is 0. The number of aryl methyl sites for hydroxylation is 2. The van der Waals surface area contributed by atoms with Crippen LogP contribution in [0.1, 0.15) is 11.1 Å². The molecule has 3 nitrogen and oxygen atoms in total. The van der Waals surface area contributed by atoms with Gasteiger partial charge >= 0.3 is 0 Å². The van der Waals surface area contributed by atoms with Crippen LogP contribution in [0.2, 0.25) is 0 Å². The number of thiophene rings is 1. The van der Waals surface area contributed by atoms with Crippen LogP contribution >= 0.6 is 11.3 Å². The van der Waals surface area contributed by atoms with E-state index in [0.29, 0.717) is 11.3 Å². The van der Waals surface area contributed by atoms with Crippen LogP contribution in [0.4, 0.5) is 5.69 Å². The number of para-hydroxylation sites is 1. The number of nitrogens with zero attached hydrogens (tertiary/aromatic N) is 2. The smallest absolute Gasteiger partial charge is 0.229 e. The van der Waals surface area contributed by atoms with Crippen molar-refractivity contribution in [3.05, 3.63) is 132 Å². The van der Waals surface area contributed by atoms with Crippen LogP contribution < -0.4 is 0 Å². The third-order valence-electron chi connectivity index (χ3n) is 8.73. The van der Waals surface area contributed by atoms with E-state index in [9.17, 15) is 0 Å². The first kappa shape index (κ1) is 24.2. The number of hydrogen-bond acceptors (Lipinski definition) is 2. The maximum absolute atomic E-state index is 8.00. The lowest BCUT2D eigenvalue weighted by molar-refractivity contribution is 0.668. The van der Waals surface area contributed by atoms with Gasteiger partial charge in [-0.3, -0.25) is 0 Å². The van der Waals surface area contributed by atoms with Crippen molar-refractivity contribution in [2.75, 3.05) is 0 Å². The molecule has 4 heteroatoms. The Balaban J connectivity index is 1.42. The predicted octanol–water partition coefficient (Wildman–Crippen LogP) is 11.9. The van der Waals surface area contributed by atoms with E-state index < -0.39 is 0 Å². The molecular formula is C39H24N2OS. The molecule has 0 fully saturated rings. The Morgan fingerprint density at radius 2 is 1.28 bits per heavy atom. The minimum Gasteiger partial charge on any atom is -0.465 e. The molecule has 0 radical (unpaired) electrons. The molecule has 9 rings (SSSR count). The predicted molar refractivity (Wildman–Crippen MR) is 182 cm³/mol. The average Bonchev–Trinajstić information content (AvgIpc) is 3.70. The number of aromatic nitrogens is 1. The van der Waals surface area contributed by atoms with Crippen molar-refractivity contribution < 1.29 is 4.42 Å². The number of hydrogen-bond donors (Lipinski definition) is 0. The molecule has 0 saturated heterocycles. The van der Waals surface area contributed by atoms with Gasteiger partial charge in [-0.2, -0.15) is 0 Å². The first-order valence-corrected chi connectivity index (χ1v) is 15.2. The summed E-state index contributed by atoms with van der Waals surface area (Å²) in [6.45, 7) is 12.3. The molecule has 202 valence electrons. The second kappa shape index (κ2) is 8.82. The van der Waals surface area contributed by atoms with Crippen molar-refractivity contribution in [1.82, 2.24) is 4.57 Å². The SMILES string of the molecule is [C-]#[N+]c1ccc(-c2cccc3sc4ccccc4c23)c2c1oc1c(-n3c4ccc(C)cc4c4cc(C)ccc43)cccc12. The third-order valence-corrected chi connectivity index (χ3v) is 9.87. The van der Waals surface area contributed by atoms with E-state index in [2.05, 4.69) is 126 Å². The van der Waals surface area contributed by atoms with E-state index in [1.165, 1.54) is 42.1 Å². The van der Waals surface area contributed by atoms with Crippen molar-refractivity contribution in [3.63, 3.8) is 0 Å². The molecule has 0 amide bonds. The number of furan rings is 1. The van der Waals surface area contributed by atoms with E-state index in [1.807, 2.05) is 17.4 Å². The fourth-order valence-corrected chi connectivity index (χ4v) is 8.00. The van der Waals surface area contributed by atoms with E-state index in [1.54, 1.807) is 0 Å². The summed E-state index contributed by atoms with van der Waals surface area (Å²) in [4.78, 5) is 3.89. The van der Waals surface area contributed by atoms with E-state index >= 15 is 0 Å². The summed E-state index contributed by atoms with van der Waals surface area (Å²) < 4.78 is 11.6. The summed E-state index contributed by atoms with van der Waals surface area (Å²) in [6, 6.07) is 38.8. The maximum atomic E-state index is 8.00. The van der Waals surface area contributed by atoms with Gasteiger partial charge in [-0.05, 0) is 67.4 Å². The minimum absolute atomic E-state index is 0.525. The highest BCUT2D eigenvalue weighted by atomic mass is 32.1. The van der Waals surface area contributed by atoms with Crippen LogP contribution in [-0.4, -0.2) is 4.57 Å². The van der Waals surface area contributed by atoms with Gasteiger partial charge in [0.2, 0.25) is 5.69 Å². The summed E-state index contributed by atoms with van der Waals surface area (Å²) >= 11 is 1.82. The molecule has 0 aliphatic carbocycles. The second-order valence-corrected chi connectivity index (χ2v) is 12.4. The Morgan fingerprint density at radius 1 is 0.605 bits per heavy atom. The first-order valence-electron chi connectivity index (χ1n) is 14.4. The molecule has 0 aliphatic heterocycles. The van der Waals surface area contributed by atoms with Gasteiger partial charge in [-0.15, -0.1) is 11.3 Å². The zero-order valence-electron chi connectivity index (χ0n) is 23.6. The van der Waals surface area contributed by atoms with Crippen molar-refractivity contribution in [2.24, 2.45) is 0 Å². The van der Waals surface area contributed by atoms with Crippen LogP contribution in [0.3, 0.4) is 0 Å². The molecule has 0 spiro atoms. The molecule has 43 heavy (non-hydrogen) atoms. The molecule has 0 saturated carbocycles. The largest absolute Gasteiger partial charge is 0.465 e. The standard InChI is InChI=1S/C39H24N2OS/c1-22-14-18-31-28(20-22)29-21-23(2)15-19-32(29)41(31)33-11-6-10-27-37-25(16-17-30(40-3)39(37)42-38(27)33)24-9-7-13-35-36(24)26-8-4-5-12-34(26)43-35/h4-21H,1-2H3. The van der Waals surface area contributed by atoms with Gasteiger partial charge in [0.25, 0.3) is 0 Å². The number of rotatable bonds is 2. The first-order chi connectivity index (χ1) is 21.1. The molecule has 0 bridgehead atoms. The summed E-state index contributed by atoms with van der Waals surface area (Å²) in [5.41, 5.74) is 9.91. The molecular weight excluding hydrogens is 545 g/mol. The summed E-state index contributed by atoms with van der Waals surface area (Å²) in [6.07, 6.45) is 0. The topological polar surface area (TPSA) is 22.4 Å². The number of benzene rings is 6. The molecule has 9 aromatic rings. The molecule has 0 N–H and O–H groups in total. The van der Waals surface area contributed by atoms with Crippen LogP contribution in [0.5, 0.6) is 0 Å². The van der Waals surface area contributed by atoms with Crippen molar-refractivity contribution in [3.8, 4) is 16.8 Å². The lowest BCUT2D eigenvalue weighted by Crippen LogP contribution is -1.94. The maximum Gasteiger partial charge on any atom is 0.229 e. The Morgan fingerprint density at radius 3 is 2.05 bits per heavy atom. The third kappa shape index (κ3) is 3.34. The Hall–Kier alpha value is -5.37. The van der Waals surface area contributed by atoms with Crippen molar-refractivity contribution in [2.45, 2.75) is 13.8 Å². The normalized spacial score (nSPS) is 11.9. The lowest BCUT2D eigenvalue weighted by atomic mass is 9.95. The Kier molecular flexibility index (Phi) is 4.97. The van der Waals surface area contributed by atoms with Crippen molar-refractivity contribution in [1.29, 1.82) is 0 Å². The van der Waals surface area contributed by atoms with Gasteiger partial charge in [0.05, 0.1) is 23.3 Å². The van der Waals surface area contributed by atoms with Gasteiger partial charge in [0.15, 0.2) is 5.58 Å². The molecule has 3 aromatic heterocycles.